The van der Waals surface area contributed by atoms with Crippen LogP contribution in [0.1, 0.15) is 13.3 Å². The van der Waals surface area contributed by atoms with Crippen molar-refractivity contribution >= 4 is 46.7 Å². The van der Waals surface area contributed by atoms with Crippen LogP contribution in [0.5, 0.6) is 0 Å². The normalized spacial score (nSPS) is 11.8. The second kappa shape index (κ2) is 9.88. The number of hydrogen-bond acceptors (Lipinski definition) is 3. The van der Waals surface area contributed by atoms with E-state index >= 15 is 0 Å². The maximum atomic E-state index is 12.9. The molecule has 0 saturated carbocycles. The topological polar surface area (TPSA) is 29.1 Å². The molecule has 0 bridgehead atoms. The quantitative estimate of drug-likeness (QED) is 0.422. The van der Waals surface area contributed by atoms with E-state index < -0.39 is 0 Å². The molecule has 27 heavy (non-hydrogen) atoms. The molecule has 0 aliphatic heterocycles. The van der Waals surface area contributed by atoms with Crippen molar-refractivity contribution in [3.8, 4) is 0 Å². The number of carbonyl (C=O) groups excluding carboxylic acids is 1. The third-order valence-corrected chi connectivity index (χ3v) is 6.58. The van der Waals surface area contributed by atoms with Crippen molar-refractivity contribution in [3.63, 3.8) is 0 Å². The van der Waals surface area contributed by atoms with Gasteiger partial charge in [0.05, 0.1) is 10.9 Å². The second-order valence-corrected chi connectivity index (χ2v) is 8.70. The lowest BCUT2D eigenvalue weighted by molar-refractivity contribution is -0.115. The minimum atomic E-state index is -0.166. The number of halogens is 1. The lowest BCUT2D eigenvalue weighted by atomic mass is 10.2. The van der Waals surface area contributed by atoms with Gasteiger partial charge in [0, 0.05) is 19.7 Å². The fourth-order valence-corrected chi connectivity index (χ4v) is 4.49. The van der Waals surface area contributed by atoms with Crippen molar-refractivity contribution < 1.29 is 4.79 Å². The van der Waals surface area contributed by atoms with Crippen molar-refractivity contribution in [1.82, 2.24) is 0 Å². The van der Waals surface area contributed by atoms with Crippen molar-refractivity contribution in [3.05, 3.63) is 83.9 Å². The molecule has 0 saturated heterocycles. The second-order valence-electron chi connectivity index (χ2n) is 5.87. The van der Waals surface area contributed by atoms with Crippen LogP contribution in [0.4, 0.5) is 5.69 Å². The summed E-state index contributed by atoms with van der Waals surface area (Å²) in [4.78, 5) is 16.1. The Labute approximate surface area is 173 Å². The van der Waals surface area contributed by atoms with Crippen LogP contribution in [-0.4, -0.2) is 11.2 Å². The summed E-state index contributed by atoms with van der Waals surface area (Å²) in [6.07, 6.45) is 0.743. The SMILES string of the molecule is CC[C@H](Sc1ccc(Cl)cc1)C(=O)Nc1ccccc1Sc1ccccc1. The fourth-order valence-electron chi connectivity index (χ4n) is 2.49. The van der Waals surface area contributed by atoms with E-state index in [1.807, 2.05) is 73.7 Å². The molecule has 1 N–H and O–H groups in total. The summed E-state index contributed by atoms with van der Waals surface area (Å²) in [6, 6.07) is 25.6. The van der Waals surface area contributed by atoms with Crippen molar-refractivity contribution in [1.29, 1.82) is 0 Å². The molecule has 138 valence electrons. The Kier molecular flexibility index (Phi) is 7.27. The van der Waals surface area contributed by atoms with E-state index in [1.54, 1.807) is 23.5 Å². The van der Waals surface area contributed by atoms with Crippen molar-refractivity contribution in [2.24, 2.45) is 0 Å². The van der Waals surface area contributed by atoms with Gasteiger partial charge >= 0.3 is 0 Å². The highest BCUT2D eigenvalue weighted by Crippen LogP contribution is 2.34. The molecule has 0 spiro atoms. The molecule has 0 unspecified atom stereocenters. The van der Waals surface area contributed by atoms with E-state index in [9.17, 15) is 4.79 Å². The summed E-state index contributed by atoms with van der Waals surface area (Å²) in [7, 11) is 0. The number of carbonyl (C=O) groups is 1. The molecule has 0 aromatic heterocycles. The lowest BCUT2D eigenvalue weighted by Crippen LogP contribution is -2.24. The Hall–Kier alpha value is -1.88. The molecule has 0 fully saturated rings. The van der Waals surface area contributed by atoms with Crippen LogP contribution in [0, 0.1) is 0 Å². The van der Waals surface area contributed by atoms with Gasteiger partial charge in [-0.25, -0.2) is 0 Å². The van der Waals surface area contributed by atoms with Crippen LogP contribution < -0.4 is 5.32 Å². The molecule has 5 heteroatoms. The van der Waals surface area contributed by atoms with Crippen molar-refractivity contribution in [2.45, 2.75) is 33.3 Å². The Bertz CT molecular complexity index is 884. The first-order valence-corrected chi connectivity index (χ1v) is 10.8. The summed E-state index contributed by atoms with van der Waals surface area (Å²) < 4.78 is 0. The molecule has 3 aromatic carbocycles. The molecule has 0 heterocycles. The van der Waals surface area contributed by atoms with Crippen molar-refractivity contribution in [2.75, 3.05) is 5.32 Å². The predicted octanol–water partition coefficient (Wildman–Crippen LogP) is 7.00. The Morgan fingerprint density at radius 3 is 2.30 bits per heavy atom. The summed E-state index contributed by atoms with van der Waals surface area (Å²) in [6.45, 7) is 2.03. The minimum Gasteiger partial charge on any atom is -0.324 e. The van der Waals surface area contributed by atoms with E-state index in [0.717, 1.165) is 26.8 Å². The lowest BCUT2D eigenvalue weighted by Gasteiger charge is -2.16. The molecule has 1 atom stereocenters. The minimum absolute atomic E-state index is 0.0126. The highest BCUT2D eigenvalue weighted by Gasteiger charge is 2.19. The molecule has 3 aromatic rings. The standard InChI is InChI=1S/C22H20ClNOS2/c1-2-20(26-18-14-12-16(23)13-15-18)22(25)24-19-10-6-7-11-21(19)27-17-8-4-3-5-9-17/h3-15,20H,2H2,1H3,(H,24,25)/t20-/m0/s1. The average Bonchev–Trinajstić information content (AvgIpc) is 2.70. The van der Waals surface area contributed by atoms with Crippen LogP contribution in [0.3, 0.4) is 0 Å². The first-order chi connectivity index (χ1) is 13.2. The van der Waals surface area contributed by atoms with Gasteiger partial charge in [0.15, 0.2) is 0 Å². The Morgan fingerprint density at radius 2 is 1.59 bits per heavy atom. The summed E-state index contributed by atoms with van der Waals surface area (Å²) in [5, 5.41) is 3.64. The number of para-hydroxylation sites is 1. The third kappa shape index (κ3) is 5.80. The van der Waals surface area contributed by atoms with Gasteiger partial charge in [-0.2, -0.15) is 0 Å². The number of amides is 1. The smallest absolute Gasteiger partial charge is 0.237 e. The van der Waals surface area contributed by atoms with Crippen LogP contribution in [0.15, 0.2) is 93.5 Å². The zero-order valence-corrected chi connectivity index (χ0v) is 17.3. The predicted molar refractivity (Wildman–Crippen MR) is 117 cm³/mol. The molecule has 3 rings (SSSR count). The van der Waals surface area contributed by atoms with E-state index in [-0.39, 0.29) is 11.2 Å². The van der Waals surface area contributed by atoms with Gasteiger partial charge in [-0.1, -0.05) is 60.6 Å². The largest absolute Gasteiger partial charge is 0.324 e. The maximum Gasteiger partial charge on any atom is 0.237 e. The summed E-state index contributed by atoms with van der Waals surface area (Å²) in [5.74, 6) is 0.0126. The molecular weight excluding hydrogens is 394 g/mol. The Balaban J connectivity index is 1.71. The monoisotopic (exact) mass is 413 g/mol. The zero-order valence-electron chi connectivity index (χ0n) is 14.9. The van der Waals surface area contributed by atoms with Gasteiger partial charge in [0.25, 0.3) is 0 Å². The average molecular weight is 414 g/mol. The van der Waals surface area contributed by atoms with E-state index in [2.05, 4.69) is 17.4 Å². The van der Waals surface area contributed by atoms with Crippen LogP contribution in [0.2, 0.25) is 5.02 Å². The van der Waals surface area contributed by atoms with Gasteiger partial charge in [-0.05, 0) is 55.0 Å². The molecule has 0 aliphatic carbocycles. The van der Waals surface area contributed by atoms with Crippen LogP contribution >= 0.6 is 35.1 Å². The van der Waals surface area contributed by atoms with E-state index in [1.165, 1.54) is 0 Å². The Morgan fingerprint density at radius 1 is 0.926 bits per heavy atom. The van der Waals surface area contributed by atoms with E-state index in [4.69, 9.17) is 11.6 Å². The van der Waals surface area contributed by atoms with Crippen LogP contribution in [-0.2, 0) is 4.79 Å². The molecule has 0 aliphatic rings. The van der Waals surface area contributed by atoms with Gasteiger partial charge in [0.2, 0.25) is 5.91 Å². The number of anilines is 1. The highest BCUT2D eigenvalue weighted by atomic mass is 35.5. The first-order valence-electron chi connectivity index (χ1n) is 8.70. The van der Waals surface area contributed by atoms with E-state index in [0.29, 0.717) is 5.02 Å². The number of benzene rings is 3. The van der Waals surface area contributed by atoms with Crippen LogP contribution in [0.25, 0.3) is 0 Å². The zero-order chi connectivity index (χ0) is 19.1. The molecular formula is C22H20ClNOS2. The molecule has 2 nitrogen and oxygen atoms in total. The van der Waals surface area contributed by atoms with Gasteiger partial charge in [0.1, 0.15) is 0 Å². The number of rotatable bonds is 7. The maximum absolute atomic E-state index is 12.9. The number of thioether (sulfide) groups is 1. The van der Waals surface area contributed by atoms with Gasteiger partial charge < -0.3 is 5.32 Å². The number of hydrogen-bond donors (Lipinski definition) is 1. The summed E-state index contributed by atoms with van der Waals surface area (Å²) >= 11 is 9.15. The van der Waals surface area contributed by atoms with Gasteiger partial charge in [-0.15, -0.1) is 11.8 Å². The molecule has 1 amide bonds. The third-order valence-electron chi connectivity index (χ3n) is 3.87. The highest BCUT2D eigenvalue weighted by molar-refractivity contribution is 8.00. The number of nitrogens with one attached hydrogen (secondary N) is 1. The summed E-state index contributed by atoms with van der Waals surface area (Å²) in [5.41, 5.74) is 0.839. The van der Waals surface area contributed by atoms with Gasteiger partial charge in [-0.3, -0.25) is 4.79 Å². The molecule has 0 radical (unpaired) electrons. The fraction of sp³-hybridized carbons (Fsp3) is 0.136. The first kappa shape index (κ1) is 19.9.